The number of amides is 2. The van der Waals surface area contributed by atoms with Crippen LogP contribution in [-0.2, 0) is 10.2 Å². The summed E-state index contributed by atoms with van der Waals surface area (Å²) < 4.78 is 16.3. The van der Waals surface area contributed by atoms with Crippen molar-refractivity contribution >= 4 is 28.3 Å². The van der Waals surface area contributed by atoms with Gasteiger partial charge in [0.15, 0.2) is 22.4 Å². The molecule has 10 heteroatoms. The van der Waals surface area contributed by atoms with Gasteiger partial charge in [-0.25, -0.2) is 4.98 Å². The Hall–Kier alpha value is -3.40. The van der Waals surface area contributed by atoms with Crippen LogP contribution in [0.1, 0.15) is 33.9 Å². The Bertz CT molecular complexity index is 1190. The summed E-state index contributed by atoms with van der Waals surface area (Å²) in [6.07, 6.45) is 1.33. The Morgan fingerprint density at radius 3 is 2.68 bits per heavy atom. The molecule has 31 heavy (non-hydrogen) atoms. The highest BCUT2D eigenvalue weighted by Gasteiger charge is 2.54. The molecule has 2 aliphatic rings. The van der Waals surface area contributed by atoms with Crippen LogP contribution in [0, 0.1) is 6.92 Å². The molecule has 0 spiro atoms. The number of aryl methyl sites for hydroxylation is 1. The SMILES string of the molecule is Cc1nc(NC(=O)C2(c3cc(-c4ccc5c(c4)OCO5)on3)CC2)sc1C(=O)N(C)C. The number of ether oxygens (including phenoxy) is 2. The van der Waals surface area contributed by atoms with Gasteiger partial charge in [-0.05, 0) is 38.0 Å². The van der Waals surface area contributed by atoms with Crippen LogP contribution in [0.15, 0.2) is 28.8 Å². The minimum Gasteiger partial charge on any atom is -0.454 e. The fourth-order valence-corrected chi connectivity index (χ4v) is 4.46. The molecule has 0 unspecified atom stereocenters. The number of carbonyl (C=O) groups is 2. The average Bonchev–Trinajstić information content (AvgIpc) is 3.08. The largest absolute Gasteiger partial charge is 0.454 e. The minimum atomic E-state index is -0.747. The summed E-state index contributed by atoms with van der Waals surface area (Å²) in [5.41, 5.74) is 1.22. The Morgan fingerprint density at radius 2 is 1.94 bits per heavy atom. The molecule has 1 aromatic carbocycles. The molecule has 0 radical (unpaired) electrons. The van der Waals surface area contributed by atoms with Crippen LogP contribution in [0.25, 0.3) is 11.3 Å². The number of hydrogen-bond acceptors (Lipinski definition) is 8. The number of aromatic nitrogens is 2. The van der Waals surface area contributed by atoms with Crippen molar-refractivity contribution < 1.29 is 23.6 Å². The van der Waals surface area contributed by atoms with E-state index in [1.807, 2.05) is 18.2 Å². The molecule has 2 aromatic heterocycles. The zero-order valence-electron chi connectivity index (χ0n) is 17.2. The van der Waals surface area contributed by atoms with Crippen LogP contribution in [0.2, 0.25) is 0 Å². The van der Waals surface area contributed by atoms with Crippen molar-refractivity contribution in [2.45, 2.75) is 25.2 Å². The zero-order chi connectivity index (χ0) is 21.8. The Labute approximate surface area is 182 Å². The third kappa shape index (κ3) is 3.32. The van der Waals surface area contributed by atoms with E-state index in [0.717, 1.165) is 5.56 Å². The first-order valence-corrected chi connectivity index (χ1v) is 10.6. The van der Waals surface area contributed by atoms with Crippen LogP contribution < -0.4 is 14.8 Å². The molecule has 0 atom stereocenters. The zero-order valence-corrected chi connectivity index (χ0v) is 18.0. The summed E-state index contributed by atoms with van der Waals surface area (Å²) in [5, 5.41) is 7.43. The van der Waals surface area contributed by atoms with E-state index in [4.69, 9.17) is 14.0 Å². The molecule has 1 saturated carbocycles. The van der Waals surface area contributed by atoms with Gasteiger partial charge in [-0.2, -0.15) is 0 Å². The standard InChI is InChI=1S/C21H20N4O5S/c1-11-17(18(26)25(2)3)31-20(22-11)23-19(27)21(6-7-21)16-9-14(30-24-16)12-4-5-13-15(8-12)29-10-28-13/h4-5,8-9H,6-7,10H2,1-3H3,(H,22,23,27). The summed E-state index contributed by atoms with van der Waals surface area (Å²) >= 11 is 1.17. The highest BCUT2D eigenvalue weighted by Crippen LogP contribution is 2.49. The van der Waals surface area contributed by atoms with Gasteiger partial charge in [0.1, 0.15) is 4.88 Å². The Morgan fingerprint density at radius 1 is 1.16 bits per heavy atom. The summed E-state index contributed by atoms with van der Waals surface area (Å²) in [7, 11) is 3.36. The van der Waals surface area contributed by atoms with E-state index in [9.17, 15) is 9.59 Å². The Kier molecular flexibility index (Phi) is 4.47. The smallest absolute Gasteiger partial charge is 0.265 e. The van der Waals surface area contributed by atoms with Crippen LogP contribution in [-0.4, -0.2) is 47.7 Å². The van der Waals surface area contributed by atoms with Gasteiger partial charge < -0.3 is 24.2 Å². The second-order valence-electron chi connectivity index (χ2n) is 7.81. The van der Waals surface area contributed by atoms with E-state index in [1.165, 1.54) is 16.2 Å². The van der Waals surface area contributed by atoms with Gasteiger partial charge in [-0.3, -0.25) is 9.59 Å². The Balaban J connectivity index is 1.35. The van der Waals surface area contributed by atoms with E-state index < -0.39 is 5.41 Å². The van der Waals surface area contributed by atoms with Crippen LogP contribution >= 0.6 is 11.3 Å². The van der Waals surface area contributed by atoms with Crippen molar-refractivity contribution in [2.75, 3.05) is 26.2 Å². The van der Waals surface area contributed by atoms with E-state index in [0.29, 0.717) is 51.5 Å². The molecule has 1 aliphatic heterocycles. The average molecular weight is 440 g/mol. The molecule has 9 nitrogen and oxygen atoms in total. The predicted octanol–water partition coefficient (Wildman–Crippen LogP) is 3.21. The molecule has 3 heterocycles. The summed E-state index contributed by atoms with van der Waals surface area (Å²) in [5.74, 6) is 1.55. The van der Waals surface area contributed by atoms with E-state index in [1.54, 1.807) is 27.1 Å². The third-order valence-corrected chi connectivity index (χ3v) is 6.52. The predicted molar refractivity (Wildman–Crippen MR) is 112 cm³/mol. The van der Waals surface area contributed by atoms with Gasteiger partial charge >= 0.3 is 0 Å². The number of thiazole rings is 1. The van der Waals surface area contributed by atoms with E-state index >= 15 is 0 Å². The fourth-order valence-electron chi connectivity index (χ4n) is 3.48. The number of fused-ring (bicyclic) bond motifs is 1. The van der Waals surface area contributed by atoms with Gasteiger partial charge in [-0.1, -0.05) is 16.5 Å². The van der Waals surface area contributed by atoms with E-state index in [2.05, 4.69) is 15.5 Å². The fraction of sp³-hybridized carbons (Fsp3) is 0.333. The monoisotopic (exact) mass is 440 g/mol. The summed E-state index contributed by atoms with van der Waals surface area (Å²) in [4.78, 5) is 31.7. The number of nitrogens with zero attached hydrogens (tertiary/aromatic N) is 3. The van der Waals surface area contributed by atoms with Crippen LogP contribution in [0.4, 0.5) is 5.13 Å². The maximum absolute atomic E-state index is 13.1. The first-order chi connectivity index (χ1) is 14.9. The number of rotatable bonds is 5. The van der Waals surface area contributed by atoms with E-state index in [-0.39, 0.29) is 18.6 Å². The number of anilines is 1. The first-order valence-electron chi connectivity index (χ1n) is 9.75. The van der Waals surface area contributed by atoms with Gasteiger partial charge in [0, 0.05) is 25.7 Å². The van der Waals surface area contributed by atoms with Crippen LogP contribution in [0.5, 0.6) is 11.5 Å². The highest BCUT2D eigenvalue weighted by atomic mass is 32.1. The minimum absolute atomic E-state index is 0.137. The molecule has 1 fully saturated rings. The first kappa shape index (κ1) is 19.6. The lowest BCUT2D eigenvalue weighted by atomic mass is 10.0. The van der Waals surface area contributed by atoms with Crippen molar-refractivity contribution in [1.29, 1.82) is 0 Å². The van der Waals surface area contributed by atoms with Gasteiger partial charge in [-0.15, -0.1) is 0 Å². The van der Waals surface area contributed by atoms with Crippen molar-refractivity contribution in [3.8, 4) is 22.8 Å². The molecule has 3 aromatic rings. The maximum Gasteiger partial charge on any atom is 0.265 e. The number of hydrogen-bond donors (Lipinski definition) is 1. The lowest BCUT2D eigenvalue weighted by molar-refractivity contribution is -0.118. The van der Waals surface area contributed by atoms with Gasteiger partial charge in [0.25, 0.3) is 5.91 Å². The third-order valence-electron chi connectivity index (χ3n) is 5.46. The molecule has 1 N–H and O–H groups in total. The molecule has 2 amide bonds. The quantitative estimate of drug-likeness (QED) is 0.649. The molecule has 160 valence electrons. The normalized spacial score (nSPS) is 15.6. The van der Waals surface area contributed by atoms with Gasteiger partial charge in [0.05, 0.1) is 16.8 Å². The van der Waals surface area contributed by atoms with Crippen LogP contribution in [0.3, 0.4) is 0 Å². The second kappa shape index (κ2) is 7.09. The molecular formula is C21H20N4O5S. The number of carbonyl (C=O) groups excluding carboxylic acids is 2. The second-order valence-corrected chi connectivity index (χ2v) is 8.81. The van der Waals surface area contributed by atoms with Crippen molar-refractivity contribution in [3.63, 3.8) is 0 Å². The lowest BCUT2D eigenvalue weighted by Crippen LogP contribution is -2.28. The van der Waals surface area contributed by atoms with Crippen molar-refractivity contribution in [1.82, 2.24) is 15.0 Å². The number of benzene rings is 1. The highest BCUT2D eigenvalue weighted by molar-refractivity contribution is 7.17. The molecular weight excluding hydrogens is 420 g/mol. The molecule has 0 saturated heterocycles. The van der Waals surface area contributed by atoms with Gasteiger partial charge in [0.2, 0.25) is 12.7 Å². The molecule has 1 aliphatic carbocycles. The number of nitrogens with one attached hydrogen (secondary N) is 1. The molecule has 5 rings (SSSR count). The summed E-state index contributed by atoms with van der Waals surface area (Å²) in [6, 6.07) is 7.29. The summed E-state index contributed by atoms with van der Waals surface area (Å²) in [6.45, 7) is 1.95. The topological polar surface area (TPSA) is 107 Å². The van der Waals surface area contributed by atoms with Crippen molar-refractivity contribution in [2.24, 2.45) is 0 Å². The molecule has 0 bridgehead atoms. The maximum atomic E-state index is 13.1. The lowest BCUT2D eigenvalue weighted by Gasteiger charge is -2.10. The van der Waals surface area contributed by atoms with Crippen molar-refractivity contribution in [3.05, 3.63) is 40.5 Å².